The van der Waals surface area contributed by atoms with E-state index in [1.165, 1.54) is 0 Å². The number of allylic oxidation sites excluding steroid dienone is 1. The number of hydrogen-bond acceptors (Lipinski definition) is 3. The van der Waals surface area contributed by atoms with Gasteiger partial charge in [-0.1, -0.05) is 13.8 Å². The number of carbonyl (C=O) groups is 2. The molecule has 1 aliphatic rings. The van der Waals surface area contributed by atoms with Crippen molar-refractivity contribution in [2.75, 3.05) is 0 Å². The van der Waals surface area contributed by atoms with Crippen LogP contribution < -0.4 is 0 Å². The molecule has 0 spiro atoms. The van der Waals surface area contributed by atoms with Crippen molar-refractivity contribution in [3.63, 3.8) is 0 Å². The van der Waals surface area contributed by atoms with E-state index in [4.69, 9.17) is 5.11 Å². The normalized spacial score (nSPS) is 26.8. The standard InChI is InChI=1S/C12H17FO4/c1-6(2)17-11(16)8(13)5-7-9(10(14)15)12(7,3)4/h5-7,9H,1-4H3,(H,14,15)/t7-,9-/m0/s1. The largest absolute Gasteiger partial charge is 0.481 e. The Morgan fingerprint density at radius 1 is 1.41 bits per heavy atom. The Morgan fingerprint density at radius 3 is 2.29 bits per heavy atom. The van der Waals surface area contributed by atoms with Crippen LogP contribution in [0.15, 0.2) is 11.9 Å². The van der Waals surface area contributed by atoms with Crippen LogP contribution in [0.5, 0.6) is 0 Å². The number of rotatable bonds is 4. The van der Waals surface area contributed by atoms with E-state index in [1.807, 2.05) is 0 Å². The predicted octanol–water partition coefficient (Wildman–Crippen LogP) is 2.15. The fourth-order valence-electron chi connectivity index (χ4n) is 1.96. The summed E-state index contributed by atoms with van der Waals surface area (Å²) in [5.41, 5.74) is -0.513. The Kier molecular flexibility index (Phi) is 3.59. The zero-order valence-electron chi connectivity index (χ0n) is 10.4. The second-order valence-corrected chi connectivity index (χ2v) is 5.13. The van der Waals surface area contributed by atoms with Crippen LogP contribution in [0, 0.1) is 17.3 Å². The topological polar surface area (TPSA) is 63.6 Å². The highest BCUT2D eigenvalue weighted by Crippen LogP contribution is 2.59. The van der Waals surface area contributed by atoms with E-state index in [1.54, 1.807) is 27.7 Å². The van der Waals surface area contributed by atoms with Gasteiger partial charge in [-0.2, -0.15) is 4.39 Å². The minimum Gasteiger partial charge on any atom is -0.481 e. The Morgan fingerprint density at radius 2 is 1.94 bits per heavy atom. The maximum Gasteiger partial charge on any atom is 0.367 e. The second-order valence-electron chi connectivity index (χ2n) is 5.13. The van der Waals surface area contributed by atoms with Crippen LogP contribution in [0.2, 0.25) is 0 Å². The van der Waals surface area contributed by atoms with Crippen LogP contribution in [0.1, 0.15) is 27.7 Å². The smallest absolute Gasteiger partial charge is 0.367 e. The fourth-order valence-corrected chi connectivity index (χ4v) is 1.96. The summed E-state index contributed by atoms with van der Waals surface area (Å²) < 4.78 is 18.1. The summed E-state index contributed by atoms with van der Waals surface area (Å²) in [4.78, 5) is 22.0. The number of halogens is 1. The summed E-state index contributed by atoms with van der Waals surface area (Å²) in [6, 6.07) is 0. The zero-order chi connectivity index (χ0) is 13.4. The lowest BCUT2D eigenvalue weighted by atomic mass is 10.1. The van der Waals surface area contributed by atoms with E-state index < -0.39 is 41.1 Å². The molecule has 4 nitrogen and oxygen atoms in total. The molecule has 0 aromatic carbocycles. The molecule has 17 heavy (non-hydrogen) atoms. The molecule has 96 valence electrons. The molecular weight excluding hydrogens is 227 g/mol. The quantitative estimate of drug-likeness (QED) is 0.608. The molecule has 0 unspecified atom stereocenters. The number of carboxylic acids is 1. The predicted molar refractivity (Wildman–Crippen MR) is 58.8 cm³/mol. The van der Waals surface area contributed by atoms with Crippen molar-refractivity contribution in [2.24, 2.45) is 17.3 Å². The van der Waals surface area contributed by atoms with Crippen LogP contribution in [-0.4, -0.2) is 23.1 Å². The van der Waals surface area contributed by atoms with Gasteiger partial charge in [0, 0.05) is 0 Å². The van der Waals surface area contributed by atoms with Gasteiger partial charge in [-0.05, 0) is 31.3 Å². The van der Waals surface area contributed by atoms with Crippen LogP contribution in [-0.2, 0) is 14.3 Å². The lowest BCUT2D eigenvalue weighted by Gasteiger charge is -2.05. The van der Waals surface area contributed by atoms with Gasteiger partial charge in [0.1, 0.15) is 0 Å². The molecule has 0 amide bonds. The average Bonchev–Trinajstić information content (AvgIpc) is 2.66. The summed E-state index contributed by atoms with van der Waals surface area (Å²) in [6.07, 6.45) is 0.660. The Labute approximate surface area is 99.5 Å². The lowest BCUT2D eigenvalue weighted by molar-refractivity contribution is -0.144. The van der Waals surface area contributed by atoms with Gasteiger partial charge in [-0.25, -0.2) is 4.79 Å². The average molecular weight is 244 g/mol. The molecule has 5 heteroatoms. The lowest BCUT2D eigenvalue weighted by Crippen LogP contribution is -2.12. The van der Waals surface area contributed by atoms with Gasteiger partial charge in [0.2, 0.25) is 5.83 Å². The summed E-state index contributed by atoms with van der Waals surface area (Å²) in [7, 11) is 0. The van der Waals surface area contributed by atoms with Crippen LogP contribution in [0.4, 0.5) is 4.39 Å². The molecule has 0 aromatic heterocycles. The SMILES string of the molecule is CC(C)OC(=O)C(F)=C[C@H]1[C@@H](C(=O)O)C1(C)C. The van der Waals surface area contributed by atoms with Crippen LogP contribution >= 0.6 is 0 Å². The van der Waals surface area contributed by atoms with E-state index in [0.29, 0.717) is 0 Å². The van der Waals surface area contributed by atoms with Gasteiger partial charge < -0.3 is 9.84 Å². The molecule has 1 rings (SSSR count). The Bertz CT molecular complexity index is 371. The first-order valence-electron chi connectivity index (χ1n) is 5.49. The number of carboxylic acid groups (broad SMARTS) is 1. The summed E-state index contributed by atoms with van der Waals surface area (Å²) >= 11 is 0. The molecule has 0 aromatic rings. The summed E-state index contributed by atoms with van der Waals surface area (Å²) in [5, 5.41) is 8.89. The van der Waals surface area contributed by atoms with Gasteiger partial charge in [-0.3, -0.25) is 4.79 Å². The number of esters is 1. The Hall–Kier alpha value is -1.39. The highest BCUT2D eigenvalue weighted by Gasteiger charge is 2.61. The van der Waals surface area contributed by atoms with Crippen molar-refractivity contribution < 1.29 is 23.8 Å². The first-order valence-corrected chi connectivity index (χ1v) is 5.49. The third kappa shape index (κ3) is 2.84. The number of hydrogen-bond donors (Lipinski definition) is 1. The van der Waals surface area contributed by atoms with E-state index in [9.17, 15) is 14.0 Å². The summed E-state index contributed by atoms with van der Waals surface area (Å²) in [6.45, 7) is 6.70. The number of aliphatic carboxylic acids is 1. The van der Waals surface area contributed by atoms with Gasteiger partial charge >= 0.3 is 11.9 Å². The van der Waals surface area contributed by atoms with Crippen molar-refractivity contribution in [2.45, 2.75) is 33.8 Å². The third-order valence-electron chi connectivity index (χ3n) is 3.04. The van der Waals surface area contributed by atoms with Gasteiger partial charge in [0.05, 0.1) is 12.0 Å². The molecule has 0 saturated heterocycles. The van der Waals surface area contributed by atoms with Gasteiger partial charge in [-0.15, -0.1) is 0 Å². The minimum absolute atomic E-state index is 0.399. The fraction of sp³-hybridized carbons (Fsp3) is 0.667. The van der Waals surface area contributed by atoms with Crippen molar-refractivity contribution >= 4 is 11.9 Å². The molecule has 1 N–H and O–H groups in total. The monoisotopic (exact) mass is 244 g/mol. The Balaban J connectivity index is 2.71. The highest BCUT2D eigenvalue weighted by atomic mass is 19.1. The maximum atomic E-state index is 13.4. The molecule has 1 fully saturated rings. The molecule has 1 aliphatic carbocycles. The molecule has 0 aliphatic heterocycles. The van der Waals surface area contributed by atoms with Crippen LogP contribution in [0.3, 0.4) is 0 Å². The van der Waals surface area contributed by atoms with E-state index in [-0.39, 0.29) is 0 Å². The molecule has 0 bridgehead atoms. The number of ether oxygens (including phenoxy) is 1. The minimum atomic E-state index is -1.04. The van der Waals surface area contributed by atoms with Crippen molar-refractivity contribution in [3.8, 4) is 0 Å². The van der Waals surface area contributed by atoms with Crippen LogP contribution in [0.25, 0.3) is 0 Å². The molecule has 0 heterocycles. The number of carbonyl (C=O) groups excluding carboxylic acids is 1. The highest BCUT2D eigenvalue weighted by molar-refractivity contribution is 5.86. The van der Waals surface area contributed by atoms with Crippen molar-refractivity contribution in [3.05, 3.63) is 11.9 Å². The van der Waals surface area contributed by atoms with E-state index in [0.717, 1.165) is 6.08 Å². The van der Waals surface area contributed by atoms with Gasteiger partial charge in [0.25, 0.3) is 0 Å². The first kappa shape index (κ1) is 13.7. The first-order chi connectivity index (χ1) is 7.67. The summed E-state index contributed by atoms with van der Waals surface area (Å²) in [5.74, 6) is -4.12. The molecular formula is C12H17FO4. The van der Waals surface area contributed by atoms with Crippen molar-refractivity contribution in [1.29, 1.82) is 0 Å². The van der Waals surface area contributed by atoms with E-state index in [2.05, 4.69) is 4.74 Å². The third-order valence-corrected chi connectivity index (χ3v) is 3.04. The molecule has 1 saturated carbocycles. The zero-order valence-corrected chi connectivity index (χ0v) is 10.4. The van der Waals surface area contributed by atoms with Gasteiger partial charge in [0.15, 0.2) is 0 Å². The maximum absolute atomic E-state index is 13.4. The second kappa shape index (κ2) is 4.47. The molecule has 2 atom stereocenters. The van der Waals surface area contributed by atoms with E-state index >= 15 is 0 Å². The molecule has 0 radical (unpaired) electrons. The van der Waals surface area contributed by atoms with Crippen molar-refractivity contribution in [1.82, 2.24) is 0 Å².